The third kappa shape index (κ3) is 6.80. The number of carbonyl (C=O) groups is 2. The van der Waals surface area contributed by atoms with Gasteiger partial charge >= 0.3 is 30.8 Å². The number of pyridine rings is 1. The van der Waals surface area contributed by atoms with Crippen LogP contribution in [-0.4, -0.2) is 35.8 Å². The molecule has 0 radical (unpaired) electrons. The lowest BCUT2D eigenvalue weighted by molar-refractivity contribution is -0.348. The zero-order valence-corrected chi connectivity index (χ0v) is 21.3. The summed E-state index contributed by atoms with van der Waals surface area (Å²) in [5, 5.41) is 3.73. The van der Waals surface area contributed by atoms with Crippen molar-refractivity contribution in [2.45, 2.75) is 37.7 Å². The minimum Gasteiger partial charge on any atom is -0.433 e. The van der Waals surface area contributed by atoms with E-state index in [4.69, 9.17) is 0 Å². The molecule has 3 aromatic rings. The lowest BCUT2D eigenvalue weighted by atomic mass is 9.92. The molecular formula is C25H14F13N3O3. The molecule has 44 heavy (non-hydrogen) atoms. The Bertz CT molecular complexity index is 1540. The first-order valence-electron chi connectivity index (χ1n) is 11.4. The number of nitrogens with zero attached hydrogens (tertiary/aromatic N) is 1. The van der Waals surface area contributed by atoms with Crippen LogP contribution in [-0.2, 0) is 11.8 Å². The lowest BCUT2D eigenvalue weighted by Gasteiger charge is -2.31. The second-order valence-electron chi connectivity index (χ2n) is 8.70. The van der Waals surface area contributed by atoms with E-state index in [0.29, 0.717) is 25.3 Å². The van der Waals surface area contributed by atoms with E-state index in [0.717, 1.165) is 18.2 Å². The Balaban J connectivity index is 1.97. The van der Waals surface area contributed by atoms with Crippen molar-refractivity contribution < 1.29 is 71.4 Å². The third-order valence-electron chi connectivity index (χ3n) is 5.74. The van der Waals surface area contributed by atoms with Crippen molar-refractivity contribution in [3.05, 3.63) is 82.4 Å². The summed E-state index contributed by atoms with van der Waals surface area (Å²) >= 11 is 0. The number of benzene rings is 2. The maximum Gasteiger partial charge on any atom is 0.435 e. The highest BCUT2D eigenvalue weighted by molar-refractivity contribution is 6.08. The van der Waals surface area contributed by atoms with Crippen molar-refractivity contribution in [3.8, 4) is 5.75 Å². The quantitative estimate of drug-likeness (QED) is 0.254. The van der Waals surface area contributed by atoms with Crippen LogP contribution in [0.25, 0.3) is 0 Å². The molecule has 0 aliphatic heterocycles. The molecule has 3 rings (SSSR count). The summed E-state index contributed by atoms with van der Waals surface area (Å²) in [7, 11) is 0. The van der Waals surface area contributed by atoms with Crippen LogP contribution in [0.5, 0.6) is 5.75 Å². The first-order chi connectivity index (χ1) is 20.1. The van der Waals surface area contributed by atoms with Crippen LogP contribution in [0.2, 0.25) is 0 Å². The molecule has 2 N–H and O–H groups in total. The Hall–Kier alpha value is -4.58. The molecule has 6 nitrogen and oxygen atoms in total. The van der Waals surface area contributed by atoms with Gasteiger partial charge in [0.15, 0.2) is 5.82 Å². The van der Waals surface area contributed by atoms with Crippen molar-refractivity contribution in [1.29, 1.82) is 0 Å². The number of aromatic nitrogens is 1. The van der Waals surface area contributed by atoms with E-state index in [1.54, 1.807) is 5.32 Å². The molecule has 2 aromatic carbocycles. The number of rotatable bonds is 7. The van der Waals surface area contributed by atoms with Gasteiger partial charge in [-0.1, -0.05) is 6.07 Å². The summed E-state index contributed by atoms with van der Waals surface area (Å²) in [6.07, 6.45) is -17.5. The standard InChI is InChI=1S/C25H14F13N3O3/c1-10-7-12(22(29,24(33,34)35)25(36,37)38)8-15(44-21(27)28)18(10)41-20(43)13-3-2-4-14(17(13)26)40-19(42)11-5-6-16(39-9-11)23(30,31)32/h2-9,21H,1H3,(H,40,42)(H,41,43). The highest BCUT2D eigenvalue weighted by atomic mass is 19.4. The topological polar surface area (TPSA) is 80.3 Å². The van der Waals surface area contributed by atoms with E-state index in [1.807, 2.05) is 5.32 Å². The normalized spacial score (nSPS) is 12.7. The highest BCUT2D eigenvalue weighted by Gasteiger charge is 2.73. The molecule has 0 fully saturated rings. The van der Waals surface area contributed by atoms with Gasteiger partial charge in [-0.25, -0.2) is 8.78 Å². The number of hydrogen-bond donors (Lipinski definition) is 2. The summed E-state index contributed by atoms with van der Waals surface area (Å²) in [6, 6.07) is 3.38. The van der Waals surface area contributed by atoms with E-state index >= 15 is 4.39 Å². The van der Waals surface area contributed by atoms with Crippen LogP contribution < -0.4 is 15.4 Å². The number of aryl methyl sites for hydroxylation is 1. The summed E-state index contributed by atoms with van der Waals surface area (Å²) in [5.41, 5.74) is -13.6. The Morgan fingerprint density at radius 2 is 1.45 bits per heavy atom. The average Bonchev–Trinajstić information content (AvgIpc) is 2.89. The maximum atomic E-state index is 15.1. The fourth-order valence-corrected chi connectivity index (χ4v) is 3.67. The molecular weight excluding hydrogens is 637 g/mol. The van der Waals surface area contributed by atoms with Crippen molar-refractivity contribution in [2.24, 2.45) is 0 Å². The van der Waals surface area contributed by atoms with Gasteiger partial charge in [0.25, 0.3) is 11.8 Å². The molecule has 0 saturated heterocycles. The highest BCUT2D eigenvalue weighted by Crippen LogP contribution is 2.54. The fraction of sp³-hybridized carbons (Fsp3) is 0.240. The molecule has 0 unspecified atom stereocenters. The molecule has 0 saturated carbocycles. The second kappa shape index (κ2) is 11.8. The molecule has 0 aliphatic carbocycles. The Morgan fingerprint density at radius 3 is 1.95 bits per heavy atom. The van der Waals surface area contributed by atoms with Gasteiger partial charge in [-0.05, 0) is 48.9 Å². The van der Waals surface area contributed by atoms with Crippen molar-refractivity contribution in [3.63, 3.8) is 0 Å². The Kier molecular flexibility index (Phi) is 9.12. The Morgan fingerprint density at radius 1 is 0.841 bits per heavy atom. The van der Waals surface area contributed by atoms with E-state index < -0.39 is 93.5 Å². The first-order valence-corrected chi connectivity index (χ1v) is 11.4. The van der Waals surface area contributed by atoms with Gasteiger partial charge in [0.1, 0.15) is 11.4 Å². The SMILES string of the molecule is Cc1cc(C(F)(C(F)(F)F)C(F)(F)F)cc(OC(F)F)c1NC(=O)c1cccc(NC(=O)c2ccc(C(F)(F)F)nc2)c1F. The smallest absolute Gasteiger partial charge is 0.433 e. The van der Waals surface area contributed by atoms with E-state index in [2.05, 4.69) is 9.72 Å². The molecule has 0 aliphatic rings. The largest absolute Gasteiger partial charge is 0.435 e. The van der Waals surface area contributed by atoms with Crippen LogP contribution in [0.4, 0.5) is 68.5 Å². The molecule has 0 atom stereocenters. The van der Waals surface area contributed by atoms with Crippen LogP contribution in [0, 0.1) is 12.7 Å². The zero-order chi connectivity index (χ0) is 33.4. The summed E-state index contributed by atoms with van der Waals surface area (Å²) in [4.78, 5) is 28.2. The number of amides is 2. The minimum atomic E-state index is -6.62. The number of ether oxygens (including phenoxy) is 1. The number of carbonyl (C=O) groups excluding carboxylic acids is 2. The maximum absolute atomic E-state index is 15.1. The number of halogens is 13. The minimum absolute atomic E-state index is 0.0416. The van der Waals surface area contributed by atoms with Gasteiger partial charge < -0.3 is 15.4 Å². The average molecular weight is 651 g/mol. The van der Waals surface area contributed by atoms with Crippen molar-refractivity contribution >= 4 is 23.2 Å². The first kappa shape index (κ1) is 33.9. The van der Waals surface area contributed by atoms with Gasteiger partial charge in [0.2, 0.25) is 0 Å². The van der Waals surface area contributed by atoms with Gasteiger partial charge in [0, 0.05) is 11.8 Å². The summed E-state index contributed by atoms with van der Waals surface area (Å²) < 4.78 is 177. The van der Waals surface area contributed by atoms with Crippen LogP contribution >= 0.6 is 0 Å². The molecule has 1 heterocycles. The van der Waals surface area contributed by atoms with E-state index in [-0.39, 0.29) is 12.1 Å². The number of nitrogens with one attached hydrogen (secondary N) is 2. The van der Waals surface area contributed by atoms with Gasteiger partial charge in [-0.3, -0.25) is 14.6 Å². The monoisotopic (exact) mass is 651 g/mol. The van der Waals surface area contributed by atoms with Gasteiger partial charge in [0.05, 0.1) is 22.5 Å². The molecule has 0 bridgehead atoms. The predicted octanol–water partition coefficient (Wildman–Crippen LogP) is 7.94. The van der Waals surface area contributed by atoms with Gasteiger partial charge in [-0.2, -0.15) is 48.3 Å². The molecule has 19 heteroatoms. The van der Waals surface area contributed by atoms with E-state index in [1.165, 1.54) is 0 Å². The lowest BCUT2D eigenvalue weighted by Crippen LogP contribution is -2.50. The molecule has 1 aromatic heterocycles. The third-order valence-corrected chi connectivity index (χ3v) is 5.74. The molecule has 0 spiro atoms. The fourth-order valence-electron chi connectivity index (χ4n) is 3.67. The second-order valence-corrected chi connectivity index (χ2v) is 8.70. The van der Waals surface area contributed by atoms with Crippen LogP contribution in [0.3, 0.4) is 0 Å². The van der Waals surface area contributed by atoms with E-state index in [9.17, 15) is 62.3 Å². The summed E-state index contributed by atoms with van der Waals surface area (Å²) in [6.45, 7) is -3.20. The number of alkyl halides is 12. The predicted molar refractivity (Wildman–Crippen MR) is 124 cm³/mol. The van der Waals surface area contributed by atoms with Crippen molar-refractivity contribution in [1.82, 2.24) is 4.98 Å². The van der Waals surface area contributed by atoms with Crippen molar-refractivity contribution in [2.75, 3.05) is 10.6 Å². The summed E-state index contributed by atoms with van der Waals surface area (Å²) in [5.74, 6) is -5.80. The Labute approximate surface area is 236 Å². The van der Waals surface area contributed by atoms with Crippen LogP contribution in [0.1, 0.15) is 37.5 Å². The van der Waals surface area contributed by atoms with Crippen LogP contribution in [0.15, 0.2) is 48.7 Å². The van der Waals surface area contributed by atoms with Gasteiger partial charge in [-0.15, -0.1) is 0 Å². The number of anilines is 2. The zero-order valence-electron chi connectivity index (χ0n) is 21.3. The molecule has 238 valence electrons. The number of hydrogen-bond acceptors (Lipinski definition) is 4. The molecule has 2 amide bonds.